The van der Waals surface area contributed by atoms with Gasteiger partial charge in [0.1, 0.15) is 6.54 Å². The Kier molecular flexibility index (Phi) is 5.48. The molecule has 0 radical (unpaired) electrons. The van der Waals surface area contributed by atoms with Gasteiger partial charge < -0.3 is 0 Å². The molecule has 8 heteroatoms. The molecule has 1 atom stereocenters. The van der Waals surface area contributed by atoms with Gasteiger partial charge in [0.05, 0.1) is 0 Å². The molecule has 0 bridgehead atoms. The van der Waals surface area contributed by atoms with Crippen molar-refractivity contribution in [2.45, 2.75) is 19.5 Å². The van der Waals surface area contributed by atoms with Crippen molar-refractivity contribution < 1.29 is 14.2 Å². The molecule has 0 aliphatic carbocycles. The molecule has 26 heavy (non-hydrogen) atoms. The minimum atomic E-state index is -0.618. The van der Waals surface area contributed by atoms with Crippen LogP contribution in [-0.4, -0.2) is 63.2 Å². The van der Waals surface area contributed by atoms with Crippen molar-refractivity contribution >= 4 is 46.3 Å². The third-order valence-corrected chi connectivity index (χ3v) is 5.65. The van der Waals surface area contributed by atoms with Gasteiger partial charge in [0.25, 0.3) is 17.8 Å². The molecule has 0 N–H and O–H groups in total. The summed E-state index contributed by atoms with van der Waals surface area (Å²) in [7, 11) is 3.14. The maximum atomic E-state index is 12.8. The molecule has 136 valence electrons. The summed E-state index contributed by atoms with van der Waals surface area (Å²) >= 11 is 7.85. The van der Waals surface area contributed by atoms with Crippen molar-refractivity contribution in [2.24, 2.45) is 4.99 Å². The Hall–Kier alpha value is -2.12. The molecule has 6 nitrogen and oxygen atoms in total. The second kappa shape index (κ2) is 7.63. The first-order valence-electron chi connectivity index (χ1n) is 8.20. The van der Waals surface area contributed by atoms with Gasteiger partial charge >= 0.3 is 11.2 Å². The summed E-state index contributed by atoms with van der Waals surface area (Å²) in [6.45, 7) is 2.40. The molecule has 0 saturated carbocycles. The highest BCUT2D eigenvalue weighted by Gasteiger charge is 2.53. The van der Waals surface area contributed by atoms with Crippen LogP contribution in [0.25, 0.3) is 0 Å². The average molecular weight is 392 g/mol. The first kappa shape index (κ1) is 18.7. The van der Waals surface area contributed by atoms with Gasteiger partial charge in [-0.15, -0.1) is 0 Å². The smallest absolute Gasteiger partial charge is 0.269 e. The number of nitrogens with zero attached hydrogens (tertiary/aromatic N) is 4. The van der Waals surface area contributed by atoms with E-state index in [9.17, 15) is 9.59 Å². The number of carbonyl (C=O) groups excluding carboxylic acids is 2. The van der Waals surface area contributed by atoms with Gasteiger partial charge in [-0.05, 0) is 29.7 Å². The van der Waals surface area contributed by atoms with E-state index in [0.29, 0.717) is 22.6 Å². The van der Waals surface area contributed by atoms with Crippen LogP contribution >= 0.6 is 23.4 Å². The lowest BCUT2D eigenvalue weighted by Gasteiger charge is -2.30. The molecule has 1 aromatic rings. The quantitative estimate of drug-likeness (QED) is 0.585. The molecule has 0 aromatic heterocycles. The number of urea groups is 1. The topological polar surface area (TPSA) is 56.0 Å². The number of aliphatic imine (C=N–C) groups is 1. The number of amides is 3. The van der Waals surface area contributed by atoms with E-state index in [1.54, 1.807) is 7.05 Å². The van der Waals surface area contributed by atoms with E-state index >= 15 is 0 Å². The first-order valence-corrected chi connectivity index (χ1v) is 9.56. The van der Waals surface area contributed by atoms with E-state index in [1.807, 2.05) is 47.9 Å². The van der Waals surface area contributed by atoms with Crippen LogP contribution in [0, 0.1) is 0 Å². The van der Waals surface area contributed by atoms with Gasteiger partial charge in [0.15, 0.2) is 0 Å². The summed E-state index contributed by atoms with van der Waals surface area (Å²) in [6.07, 6.45) is 3.99. The number of amidine groups is 2. The third kappa shape index (κ3) is 3.29. The molecule has 1 fully saturated rings. The molecule has 3 rings (SSSR count). The second-order valence-corrected chi connectivity index (χ2v) is 7.39. The fraction of sp³-hybridized carbons (Fsp3) is 0.333. The van der Waals surface area contributed by atoms with Crippen LogP contribution in [0.4, 0.5) is 4.79 Å². The molecule has 3 amide bonds. The van der Waals surface area contributed by atoms with E-state index in [0.717, 1.165) is 16.2 Å². The van der Waals surface area contributed by atoms with Gasteiger partial charge in [0.2, 0.25) is 0 Å². The summed E-state index contributed by atoms with van der Waals surface area (Å²) in [5.74, 6) is 0.921. The summed E-state index contributed by atoms with van der Waals surface area (Å²) in [6, 6.07) is 6.55. The monoisotopic (exact) mass is 391 g/mol. The van der Waals surface area contributed by atoms with Crippen LogP contribution in [0.5, 0.6) is 0 Å². The molecule has 2 aliphatic heterocycles. The minimum absolute atomic E-state index is 0.277. The van der Waals surface area contributed by atoms with Crippen LogP contribution in [0.15, 0.2) is 41.4 Å². The van der Waals surface area contributed by atoms with Gasteiger partial charge in [-0.2, -0.15) is 0 Å². The Balaban J connectivity index is 2.01. The fourth-order valence-corrected chi connectivity index (χ4v) is 4.01. The highest BCUT2D eigenvalue weighted by Crippen LogP contribution is 2.26. The fourth-order valence-electron chi connectivity index (χ4n) is 2.88. The number of likely N-dealkylation sites (N-methyl/N-ethyl adjacent to an activating group) is 2. The highest BCUT2D eigenvalue weighted by atomic mass is 35.5. The largest absolute Gasteiger partial charge is 0.358 e. The zero-order valence-electron chi connectivity index (χ0n) is 14.8. The van der Waals surface area contributed by atoms with E-state index in [1.165, 1.54) is 23.7 Å². The van der Waals surface area contributed by atoms with Gasteiger partial charge in [-0.25, -0.2) is 9.37 Å². The van der Waals surface area contributed by atoms with E-state index < -0.39 is 6.04 Å². The van der Waals surface area contributed by atoms with E-state index in [4.69, 9.17) is 11.6 Å². The molecule has 2 aliphatic rings. The lowest BCUT2D eigenvalue weighted by atomic mass is 10.1. The Morgan fingerprint density at radius 1 is 1.27 bits per heavy atom. The van der Waals surface area contributed by atoms with Crippen molar-refractivity contribution in [2.75, 3.05) is 19.8 Å². The van der Waals surface area contributed by atoms with Crippen LogP contribution in [0.2, 0.25) is 5.02 Å². The Morgan fingerprint density at radius 2 is 2.00 bits per heavy atom. The molecule has 1 aromatic carbocycles. The number of carbonyl (C=O) groups is 2. The Labute approximate surface area is 161 Å². The highest BCUT2D eigenvalue weighted by molar-refractivity contribution is 8.13. The Bertz CT molecular complexity index is 849. The van der Waals surface area contributed by atoms with Gasteiger partial charge in [0, 0.05) is 30.4 Å². The van der Waals surface area contributed by atoms with Crippen LogP contribution in [0.3, 0.4) is 0 Å². The van der Waals surface area contributed by atoms with E-state index in [2.05, 4.69) is 4.99 Å². The van der Waals surface area contributed by atoms with Gasteiger partial charge in [-0.1, -0.05) is 42.0 Å². The molecular formula is C18H20ClN4O2S+. The molecule has 1 saturated heterocycles. The van der Waals surface area contributed by atoms with Crippen molar-refractivity contribution in [1.82, 2.24) is 9.80 Å². The predicted molar refractivity (Wildman–Crippen MR) is 105 cm³/mol. The number of halogens is 1. The lowest BCUT2D eigenvalue weighted by molar-refractivity contribution is -0.548. The predicted octanol–water partition coefficient (Wildman–Crippen LogP) is 2.82. The molecule has 1 unspecified atom stereocenters. The normalized spacial score (nSPS) is 20.3. The van der Waals surface area contributed by atoms with Crippen molar-refractivity contribution in [3.63, 3.8) is 0 Å². The van der Waals surface area contributed by atoms with Crippen molar-refractivity contribution in [3.8, 4) is 0 Å². The number of benzene rings is 1. The maximum absolute atomic E-state index is 12.8. The Morgan fingerprint density at radius 3 is 2.69 bits per heavy atom. The zero-order chi connectivity index (χ0) is 18.8. The minimum Gasteiger partial charge on any atom is -0.269 e. The maximum Gasteiger partial charge on any atom is 0.358 e. The SMILES string of the molecule is C/C=C/CSC1=[N+](Cc2ccccc2Cl)C2C(=O)N(C)C(=O)N(C)C2=N1. The summed E-state index contributed by atoms with van der Waals surface area (Å²) in [5, 5.41) is 1.35. The zero-order valence-corrected chi connectivity index (χ0v) is 16.4. The first-order chi connectivity index (χ1) is 12.5. The average Bonchev–Trinajstić information content (AvgIpc) is 2.99. The van der Waals surface area contributed by atoms with Crippen molar-refractivity contribution in [1.29, 1.82) is 0 Å². The summed E-state index contributed by atoms with van der Waals surface area (Å²) in [4.78, 5) is 32.2. The molecule has 0 spiro atoms. The second-order valence-electron chi connectivity index (χ2n) is 5.99. The number of allylic oxidation sites excluding steroid dienone is 1. The summed E-state index contributed by atoms with van der Waals surface area (Å²) in [5.41, 5.74) is 0.907. The molecule has 2 heterocycles. The van der Waals surface area contributed by atoms with Crippen LogP contribution in [0.1, 0.15) is 12.5 Å². The number of thioether (sulfide) groups is 1. The standard InChI is InChI=1S/C18H20ClN4O2S/c1-4-5-10-26-17-20-15-14(16(24)22(3)18(25)21(15)2)23(17)11-12-8-6-7-9-13(12)19/h4-9,14H,10-11H2,1-3H3/q+1/b5-4+. The molecular weight excluding hydrogens is 372 g/mol. The number of hydrogen-bond acceptors (Lipinski definition) is 4. The number of fused-ring (bicyclic) bond motifs is 1. The number of hydrogen-bond donors (Lipinski definition) is 0. The van der Waals surface area contributed by atoms with Crippen LogP contribution < -0.4 is 0 Å². The van der Waals surface area contributed by atoms with Gasteiger partial charge in [-0.3, -0.25) is 14.6 Å². The third-order valence-electron chi connectivity index (χ3n) is 4.34. The van der Waals surface area contributed by atoms with Crippen LogP contribution in [-0.2, 0) is 11.3 Å². The summed E-state index contributed by atoms with van der Waals surface area (Å²) < 4.78 is 1.92. The number of imide groups is 1. The van der Waals surface area contributed by atoms with E-state index in [-0.39, 0.29) is 11.9 Å². The van der Waals surface area contributed by atoms with Crippen molar-refractivity contribution in [3.05, 3.63) is 47.0 Å². The lowest BCUT2D eigenvalue weighted by Crippen LogP contribution is -2.61. The number of rotatable bonds is 4.